The monoisotopic (exact) mass is 391 g/mol. The first-order chi connectivity index (χ1) is 14.0. The van der Waals surface area contributed by atoms with Crippen LogP contribution >= 0.6 is 0 Å². The van der Waals surface area contributed by atoms with Crippen LogP contribution in [0.25, 0.3) is 22.5 Å². The molecule has 0 fully saturated rings. The Kier molecular flexibility index (Phi) is 4.95. The molecule has 4 aromatic rings. The first-order valence-electron chi connectivity index (χ1n) is 8.98. The molecule has 2 heterocycles. The maximum atomic E-state index is 13.6. The lowest BCUT2D eigenvalue weighted by atomic mass is 10.1. The van der Waals surface area contributed by atoms with E-state index < -0.39 is 5.82 Å². The summed E-state index contributed by atoms with van der Waals surface area (Å²) in [6, 6.07) is 17.2. The number of aromatic nitrogens is 3. The Labute approximate surface area is 166 Å². The molecular weight excluding hydrogens is 373 g/mol. The molecule has 0 aliphatic heterocycles. The molecule has 0 unspecified atom stereocenters. The summed E-state index contributed by atoms with van der Waals surface area (Å²) in [5.41, 5.74) is 2.50. The molecule has 146 valence electrons. The minimum atomic E-state index is -0.452. The van der Waals surface area contributed by atoms with Gasteiger partial charge >= 0.3 is 0 Å². The first kappa shape index (κ1) is 18.6. The third kappa shape index (κ3) is 3.80. The van der Waals surface area contributed by atoms with Gasteiger partial charge in [0.15, 0.2) is 17.3 Å². The number of ether oxygens (including phenoxy) is 1. The van der Waals surface area contributed by atoms with Gasteiger partial charge in [0, 0.05) is 23.3 Å². The van der Waals surface area contributed by atoms with Crippen molar-refractivity contribution in [1.29, 1.82) is 0 Å². The third-order valence-electron chi connectivity index (χ3n) is 4.59. The second-order valence-corrected chi connectivity index (χ2v) is 6.51. The topological polar surface area (TPSA) is 70.2 Å². The third-order valence-corrected chi connectivity index (χ3v) is 4.59. The van der Waals surface area contributed by atoms with Gasteiger partial charge in [-0.2, -0.15) is 0 Å². The molecular formula is C22H18FN3O3. The zero-order valence-electron chi connectivity index (χ0n) is 15.9. The van der Waals surface area contributed by atoms with Crippen LogP contribution in [-0.4, -0.2) is 21.8 Å². The summed E-state index contributed by atoms with van der Waals surface area (Å²) in [6.45, 7) is 1.97. The highest BCUT2D eigenvalue weighted by atomic mass is 19.1. The Hall–Kier alpha value is -3.74. The Morgan fingerprint density at radius 2 is 1.83 bits per heavy atom. The van der Waals surface area contributed by atoms with Gasteiger partial charge in [0.2, 0.25) is 0 Å². The molecule has 2 aromatic heterocycles. The van der Waals surface area contributed by atoms with Crippen molar-refractivity contribution in [2.75, 3.05) is 7.11 Å². The van der Waals surface area contributed by atoms with Crippen molar-refractivity contribution in [3.8, 4) is 28.3 Å². The Morgan fingerprint density at radius 3 is 2.55 bits per heavy atom. The highest BCUT2D eigenvalue weighted by molar-refractivity contribution is 5.61. The van der Waals surface area contributed by atoms with Crippen LogP contribution in [0.15, 0.2) is 70.0 Å². The van der Waals surface area contributed by atoms with Crippen LogP contribution in [0, 0.1) is 12.7 Å². The molecule has 2 aromatic carbocycles. The molecule has 4 rings (SSSR count). The average Bonchev–Trinajstić information content (AvgIpc) is 3.20. The maximum Gasteiger partial charge on any atom is 0.254 e. The van der Waals surface area contributed by atoms with Gasteiger partial charge < -0.3 is 9.26 Å². The second-order valence-electron chi connectivity index (χ2n) is 6.51. The smallest absolute Gasteiger partial charge is 0.254 e. The Bertz CT molecular complexity index is 1220. The fraction of sp³-hybridized carbons (Fsp3) is 0.136. The summed E-state index contributed by atoms with van der Waals surface area (Å²) < 4.78 is 25.5. The van der Waals surface area contributed by atoms with Crippen molar-refractivity contribution in [1.82, 2.24) is 14.7 Å². The molecule has 0 atom stereocenters. The summed E-state index contributed by atoms with van der Waals surface area (Å²) in [6.07, 6.45) is 0. The number of aryl methyl sites for hydroxylation is 1. The van der Waals surface area contributed by atoms with E-state index in [1.165, 1.54) is 23.8 Å². The molecule has 29 heavy (non-hydrogen) atoms. The van der Waals surface area contributed by atoms with Gasteiger partial charge in [-0.25, -0.2) is 9.37 Å². The number of benzene rings is 2. The minimum Gasteiger partial charge on any atom is -0.494 e. The lowest BCUT2D eigenvalue weighted by Gasteiger charge is -2.09. The van der Waals surface area contributed by atoms with E-state index in [4.69, 9.17) is 9.26 Å². The summed E-state index contributed by atoms with van der Waals surface area (Å²) >= 11 is 0. The van der Waals surface area contributed by atoms with Crippen molar-refractivity contribution >= 4 is 0 Å². The SMILES string of the molecule is COc1cc(-c2cc(Cn3c(C)nc(-c4ccccc4)cc3=O)on2)ccc1F. The van der Waals surface area contributed by atoms with Crippen molar-refractivity contribution in [3.63, 3.8) is 0 Å². The van der Waals surface area contributed by atoms with Gasteiger partial charge in [0.1, 0.15) is 11.5 Å². The summed E-state index contributed by atoms with van der Waals surface area (Å²) in [5.74, 6) is 0.729. The van der Waals surface area contributed by atoms with E-state index in [0.717, 1.165) is 5.56 Å². The largest absolute Gasteiger partial charge is 0.494 e. The molecule has 0 bridgehead atoms. The molecule has 0 saturated heterocycles. The molecule has 0 N–H and O–H groups in total. The summed E-state index contributed by atoms with van der Waals surface area (Å²) in [5, 5.41) is 4.02. The zero-order valence-corrected chi connectivity index (χ0v) is 15.9. The molecule has 0 spiro atoms. The van der Waals surface area contributed by atoms with Crippen LogP contribution in [0.5, 0.6) is 5.75 Å². The predicted octanol–water partition coefficient (Wildman–Crippen LogP) is 4.07. The van der Waals surface area contributed by atoms with E-state index in [2.05, 4.69) is 10.1 Å². The molecule has 7 heteroatoms. The molecule has 0 amide bonds. The van der Waals surface area contributed by atoms with Crippen LogP contribution in [0.2, 0.25) is 0 Å². The van der Waals surface area contributed by atoms with E-state index in [1.807, 2.05) is 30.3 Å². The molecule has 0 radical (unpaired) electrons. The van der Waals surface area contributed by atoms with Gasteiger partial charge in [-0.05, 0) is 25.1 Å². The lowest BCUT2D eigenvalue weighted by Crippen LogP contribution is -2.23. The summed E-state index contributed by atoms with van der Waals surface area (Å²) in [4.78, 5) is 17.2. The first-order valence-corrected chi connectivity index (χ1v) is 8.98. The molecule has 0 aliphatic carbocycles. The van der Waals surface area contributed by atoms with Crippen molar-refractivity contribution < 1.29 is 13.7 Å². The van der Waals surface area contributed by atoms with E-state index in [0.29, 0.717) is 28.5 Å². The fourth-order valence-electron chi connectivity index (χ4n) is 3.07. The number of hydrogen-bond acceptors (Lipinski definition) is 5. The second kappa shape index (κ2) is 7.71. The highest BCUT2D eigenvalue weighted by Gasteiger charge is 2.13. The van der Waals surface area contributed by atoms with Gasteiger partial charge in [-0.1, -0.05) is 35.5 Å². The molecule has 6 nitrogen and oxygen atoms in total. The summed E-state index contributed by atoms with van der Waals surface area (Å²) in [7, 11) is 1.40. The quantitative estimate of drug-likeness (QED) is 0.513. The number of halogens is 1. The van der Waals surface area contributed by atoms with E-state index >= 15 is 0 Å². The maximum absolute atomic E-state index is 13.6. The van der Waals surface area contributed by atoms with Crippen LogP contribution in [0.1, 0.15) is 11.6 Å². The van der Waals surface area contributed by atoms with Gasteiger partial charge in [0.05, 0.1) is 19.3 Å². The van der Waals surface area contributed by atoms with Gasteiger partial charge in [0.25, 0.3) is 5.56 Å². The van der Waals surface area contributed by atoms with Crippen molar-refractivity contribution in [2.45, 2.75) is 13.5 Å². The van der Waals surface area contributed by atoms with Crippen LogP contribution < -0.4 is 10.3 Å². The Balaban J connectivity index is 1.62. The van der Waals surface area contributed by atoms with Crippen molar-refractivity contribution in [2.24, 2.45) is 0 Å². The van der Waals surface area contributed by atoms with Crippen LogP contribution in [0.4, 0.5) is 4.39 Å². The zero-order chi connectivity index (χ0) is 20.4. The van der Waals surface area contributed by atoms with Crippen molar-refractivity contribution in [3.05, 3.63) is 88.4 Å². The van der Waals surface area contributed by atoms with Crippen LogP contribution in [0.3, 0.4) is 0 Å². The Morgan fingerprint density at radius 1 is 1.03 bits per heavy atom. The van der Waals surface area contributed by atoms with E-state index in [9.17, 15) is 9.18 Å². The van der Waals surface area contributed by atoms with E-state index in [1.54, 1.807) is 25.1 Å². The molecule has 0 saturated carbocycles. The van der Waals surface area contributed by atoms with E-state index in [-0.39, 0.29) is 17.9 Å². The van der Waals surface area contributed by atoms with Gasteiger partial charge in [-0.3, -0.25) is 9.36 Å². The molecule has 0 aliphatic rings. The fourth-order valence-corrected chi connectivity index (χ4v) is 3.07. The number of nitrogens with zero attached hydrogens (tertiary/aromatic N) is 3. The normalized spacial score (nSPS) is 10.9. The number of rotatable bonds is 5. The standard InChI is InChI=1S/C22H18FN3O3/c1-14-24-19(15-6-4-3-5-7-15)12-22(27)26(14)13-17-11-20(25-29-17)16-8-9-18(23)21(10-16)28-2/h3-12H,13H2,1-2H3. The van der Waals surface area contributed by atoms with Gasteiger partial charge in [-0.15, -0.1) is 0 Å². The van der Waals surface area contributed by atoms with Crippen LogP contribution in [-0.2, 0) is 6.54 Å². The number of methoxy groups -OCH3 is 1. The lowest BCUT2D eigenvalue weighted by molar-refractivity contribution is 0.374. The minimum absolute atomic E-state index is 0.125. The average molecular weight is 391 g/mol. The highest BCUT2D eigenvalue weighted by Crippen LogP contribution is 2.26. The predicted molar refractivity (Wildman–Crippen MR) is 106 cm³/mol. The number of hydrogen-bond donors (Lipinski definition) is 0.